The minimum absolute atomic E-state index is 0. The molecule has 2 atom stereocenters. The molecule has 0 bridgehead atoms. The van der Waals surface area contributed by atoms with E-state index in [-0.39, 0.29) is 29.8 Å². The second-order valence-electron chi connectivity index (χ2n) is 5.35. The van der Waals surface area contributed by atoms with Crippen LogP contribution in [0.25, 0.3) is 0 Å². The number of carbonyl (C=O) groups is 1. The predicted molar refractivity (Wildman–Crippen MR) is 75.3 cm³/mol. The SMILES string of the molecule is Cc1cnc(C(C)NC(=O)C2(C)CCCNC2)o1.Cl. The molecule has 5 nitrogen and oxygen atoms in total. The molecule has 2 heterocycles. The number of aryl methyl sites for hydroxylation is 1. The summed E-state index contributed by atoms with van der Waals surface area (Å²) in [5.74, 6) is 1.39. The molecular formula is C13H22ClN3O2. The second kappa shape index (κ2) is 6.39. The van der Waals surface area contributed by atoms with Crippen LogP contribution in [0.4, 0.5) is 0 Å². The highest BCUT2D eigenvalue weighted by molar-refractivity contribution is 5.85. The molecule has 108 valence electrons. The van der Waals surface area contributed by atoms with Gasteiger partial charge in [0.25, 0.3) is 0 Å². The Morgan fingerprint density at radius 1 is 1.63 bits per heavy atom. The molecule has 0 spiro atoms. The van der Waals surface area contributed by atoms with Gasteiger partial charge in [0, 0.05) is 6.54 Å². The van der Waals surface area contributed by atoms with Crippen molar-refractivity contribution in [3.8, 4) is 0 Å². The van der Waals surface area contributed by atoms with Gasteiger partial charge >= 0.3 is 0 Å². The van der Waals surface area contributed by atoms with Crippen LogP contribution in [0.2, 0.25) is 0 Å². The smallest absolute Gasteiger partial charge is 0.227 e. The zero-order chi connectivity index (χ0) is 13.2. The molecule has 19 heavy (non-hydrogen) atoms. The molecule has 1 aromatic rings. The number of nitrogens with one attached hydrogen (secondary N) is 2. The van der Waals surface area contributed by atoms with Gasteiger partial charge in [0.2, 0.25) is 11.8 Å². The number of amides is 1. The van der Waals surface area contributed by atoms with Crippen LogP contribution < -0.4 is 10.6 Å². The molecule has 1 amide bonds. The summed E-state index contributed by atoms with van der Waals surface area (Å²) in [4.78, 5) is 16.4. The number of rotatable bonds is 3. The maximum atomic E-state index is 12.3. The van der Waals surface area contributed by atoms with Crippen molar-refractivity contribution in [2.45, 2.75) is 39.7 Å². The molecule has 1 aliphatic rings. The Hall–Kier alpha value is -1.07. The van der Waals surface area contributed by atoms with Crippen molar-refractivity contribution in [2.24, 2.45) is 5.41 Å². The van der Waals surface area contributed by atoms with E-state index in [1.807, 2.05) is 20.8 Å². The molecule has 1 aliphatic heterocycles. The zero-order valence-electron chi connectivity index (χ0n) is 11.7. The predicted octanol–water partition coefficient (Wildman–Crippen LogP) is 1.97. The van der Waals surface area contributed by atoms with Gasteiger partial charge < -0.3 is 15.1 Å². The van der Waals surface area contributed by atoms with E-state index in [0.29, 0.717) is 5.89 Å². The lowest BCUT2D eigenvalue weighted by Gasteiger charge is -2.33. The van der Waals surface area contributed by atoms with E-state index < -0.39 is 0 Å². The first-order chi connectivity index (χ1) is 8.51. The van der Waals surface area contributed by atoms with E-state index >= 15 is 0 Å². The van der Waals surface area contributed by atoms with Gasteiger partial charge in [-0.3, -0.25) is 4.79 Å². The average molecular weight is 288 g/mol. The molecule has 0 aliphatic carbocycles. The van der Waals surface area contributed by atoms with Gasteiger partial charge in [-0.05, 0) is 40.2 Å². The van der Waals surface area contributed by atoms with Crippen LogP contribution in [0.5, 0.6) is 0 Å². The Kier molecular flexibility index (Phi) is 5.38. The lowest BCUT2D eigenvalue weighted by atomic mass is 9.82. The summed E-state index contributed by atoms with van der Waals surface area (Å²) < 4.78 is 5.42. The van der Waals surface area contributed by atoms with Gasteiger partial charge in [0.05, 0.1) is 11.6 Å². The first kappa shape index (κ1) is 16.0. The van der Waals surface area contributed by atoms with E-state index in [2.05, 4.69) is 15.6 Å². The first-order valence-electron chi connectivity index (χ1n) is 6.45. The zero-order valence-corrected chi connectivity index (χ0v) is 12.5. The highest BCUT2D eigenvalue weighted by Crippen LogP contribution is 2.26. The van der Waals surface area contributed by atoms with Crippen molar-refractivity contribution in [1.29, 1.82) is 0 Å². The van der Waals surface area contributed by atoms with Crippen LogP contribution >= 0.6 is 12.4 Å². The van der Waals surface area contributed by atoms with Crippen molar-refractivity contribution in [1.82, 2.24) is 15.6 Å². The molecule has 0 radical (unpaired) electrons. The lowest BCUT2D eigenvalue weighted by molar-refractivity contribution is -0.132. The molecule has 0 aromatic carbocycles. The van der Waals surface area contributed by atoms with Gasteiger partial charge in [-0.2, -0.15) is 0 Å². The number of hydrogen-bond donors (Lipinski definition) is 2. The lowest BCUT2D eigenvalue weighted by Crippen LogP contribution is -2.49. The van der Waals surface area contributed by atoms with Gasteiger partial charge in [-0.25, -0.2) is 4.98 Å². The summed E-state index contributed by atoms with van der Waals surface area (Å²) in [6, 6.07) is -0.190. The Bertz CT molecular complexity index is 427. The molecule has 2 rings (SSSR count). The van der Waals surface area contributed by atoms with Gasteiger partial charge in [0.15, 0.2) is 0 Å². The molecule has 2 unspecified atom stereocenters. The van der Waals surface area contributed by atoms with Crippen LogP contribution in [-0.2, 0) is 4.79 Å². The maximum absolute atomic E-state index is 12.3. The van der Waals surface area contributed by atoms with Crippen molar-refractivity contribution < 1.29 is 9.21 Å². The Balaban J connectivity index is 0.00000180. The van der Waals surface area contributed by atoms with Crippen molar-refractivity contribution >= 4 is 18.3 Å². The fraction of sp³-hybridized carbons (Fsp3) is 0.692. The van der Waals surface area contributed by atoms with Crippen LogP contribution in [-0.4, -0.2) is 24.0 Å². The Morgan fingerprint density at radius 3 is 2.89 bits per heavy atom. The summed E-state index contributed by atoms with van der Waals surface area (Å²) in [6.45, 7) is 7.47. The number of halogens is 1. The van der Waals surface area contributed by atoms with Gasteiger partial charge in [0.1, 0.15) is 11.8 Å². The van der Waals surface area contributed by atoms with Crippen LogP contribution in [0, 0.1) is 12.3 Å². The average Bonchev–Trinajstić information content (AvgIpc) is 2.77. The third-order valence-electron chi connectivity index (χ3n) is 3.50. The summed E-state index contributed by atoms with van der Waals surface area (Å²) in [7, 11) is 0. The summed E-state index contributed by atoms with van der Waals surface area (Å²) in [6.07, 6.45) is 3.63. The maximum Gasteiger partial charge on any atom is 0.227 e. The molecule has 1 fully saturated rings. The van der Waals surface area contributed by atoms with Crippen LogP contribution in [0.3, 0.4) is 0 Å². The van der Waals surface area contributed by atoms with E-state index in [1.54, 1.807) is 6.20 Å². The molecule has 6 heteroatoms. The minimum Gasteiger partial charge on any atom is -0.444 e. The third kappa shape index (κ3) is 3.70. The normalized spacial score (nSPS) is 24.4. The quantitative estimate of drug-likeness (QED) is 0.892. The Labute approximate surface area is 120 Å². The number of carbonyl (C=O) groups excluding carboxylic acids is 1. The summed E-state index contributed by atoms with van der Waals surface area (Å²) in [5, 5.41) is 6.26. The fourth-order valence-electron chi connectivity index (χ4n) is 2.25. The van der Waals surface area contributed by atoms with Crippen molar-refractivity contribution in [3.63, 3.8) is 0 Å². The van der Waals surface area contributed by atoms with Gasteiger partial charge in [-0.1, -0.05) is 0 Å². The van der Waals surface area contributed by atoms with E-state index in [0.717, 1.165) is 31.7 Å². The van der Waals surface area contributed by atoms with E-state index in [9.17, 15) is 4.79 Å². The number of aromatic nitrogens is 1. The third-order valence-corrected chi connectivity index (χ3v) is 3.50. The largest absolute Gasteiger partial charge is 0.444 e. The van der Waals surface area contributed by atoms with Crippen molar-refractivity contribution in [2.75, 3.05) is 13.1 Å². The minimum atomic E-state index is -0.325. The number of oxazole rings is 1. The highest BCUT2D eigenvalue weighted by atomic mass is 35.5. The number of piperidine rings is 1. The topological polar surface area (TPSA) is 67.2 Å². The van der Waals surface area contributed by atoms with Crippen molar-refractivity contribution in [3.05, 3.63) is 17.8 Å². The van der Waals surface area contributed by atoms with Gasteiger partial charge in [-0.15, -0.1) is 12.4 Å². The first-order valence-corrected chi connectivity index (χ1v) is 6.45. The monoisotopic (exact) mass is 287 g/mol. The standard InChI is InChI=1S/C13H21N3O2.ClH/c1-9-7-15-11(18-9)10(2)16-12(17)13(3)5-4-6-14-8-13;/h7,10,14H,4-6,8H2,1-3H3,(H,16,17);1H. The van der Waals surface area contributed by atoms with E-state index in [4.69, 9.17) is 4.42 Å². The number of hydrogen-bond acceptors (Lipinski definition) is 4. The molecule has 2 N–H and O–H groups in total. The summed E-state index contributed by atoms with van der Waals surface area (Å²) >= 11 is 0. The molecule has 0 saturated carbocycles. The van der Waals surface area contributed by atoms with Crippen LogP contribution in [0.1, 0.15) is 44.4 Å². The molecular weight excluding hydrogens is 266 g/mol. The fourth-order valence-corrected chi connectivity index (χ4v) is 2.25. The van der Waals surface area contributed by atoms with Crippen LogP contribution in [0.15, 0.2) is 10.6 Å². The summed E-state index contributed by atoms with van der Waals surface area (Å²) in [5.41, 5.74) is -0.325. The van der Waals surface area contributed by atoms with E-state index in [1.165, 1.54) is 0 Å². The second-order valence-corrected chi connectivity index (χ2v) is 5.35. The Morgan fingerprint density at radius 2 is 2.37 bits per heavy atom. The molecule has 1 saturated heterocycles. The highest BCUT2D eigenvalue weighted by Gasteiger charge is 2.35. The molecule has 1 aromatic heterocycles. The number of nitrogens with zero attached hydrogens (tertiary/aromatic N) is 1.